The number of carbonyl (C=O) groups is 2. The first-order valence-electron chi connectivity index (χ1n) is 13.1. The number of anilines is 1. The number of rotatable bonds is 9. The number of benzene rings is 1. The van der Waals surface area contributed by atoms with E-state index in [1.165, 1.54) is 6.07 Å². The van der Waals surface area contributed by atoms with Crippen LogP contribution < -0.4 is 20.7 Å². The van der Waals surface area contributed by atoms with Gasteiger partial charge in [-0.3, -0.25) is 19.2 Å². The van der Waals surface area contributed by atoms with E-state index in [-0.39, 0.29) is 11.5 Å². The molecule has 3 N–H and O–H groups in total. The molecule has 1 aliphatic heterocycles. The molecule has 3 aromatic rings. The third-order valence-electron chi connectivity index (χ3n) is 6.64. The molecular weight excluding hydrogens is 501 g/mol. The number of halogens is 1. The van der Waals surface area contributed by atoms with Crippen molar-refractivity contribution in [3.8, 4) is 5.75 Å². The van der Waals surface area contributed by atoms with Crippen LogP contribution in [0.1, 0.15) is 57.5 Å². The van der Waals surface area contributed by atoms with Crippen molar-refractivity contribution in [1.29, 1.82) is 0 Å². The maximum Gasteiger partial charge on any atom is 0.257 e. The Morgan fingerprint density at radius 3 is 2.64 bits per heavy atom. The van der Waals surface area contributed by atoms with E-state index in [4.69, 9.17) is 4.74 Å². The largest absolute Gasteiger partial charge is 0.482 e. The minimum absolute atomic E-state index is 0.208. The second kappa shape index (κ2) is 12.4. The average molecular weight is 538 g/mol. The van der Waals surface area contributed by atoms with Gasteiger partial charge in [-0.05, 0) is 51.5 Å². The second-order valence-corrected chi connectivity index (χ2v) is 9.92. The van der Waals surface area contributed by atoms with Gasteiger partial charge in [-0.25, -0.2) is 4.98 Å². The molecule has 2 atom stereocenters. The number of hydrogen-bond donors (Lipinski definition) is 3. The molecule has 0 spiro atoms. The van der Waals surface area contributed by atoms with Gasteiger partial charge in [0.15, 0.2) is 11.9 Å². The minimum Gasteiger partial charge on any atom is -0.482 e. The highest BCUT2D eigenvalue weighted by Gasteiger charge is 2.27. The molecule has 0 aliphatic carbocycles. The zero-order valence-electron chi connectivity index (χ0n) is 23.0. The summed E-state index contributed by atoms with van der Waals surface area (Å²) in [5, 5.41) is 13.2. The molecule has 11 heteroatoms. The predicted octanol–water partition coefficient (Wildman–Crippen LogP) is 2.99. The number of nitrogens with one attached hydrogen (secondary N) is 3. The van der Waals surface area contributed by atoms with E-state index >= 15 is 0 Å². The molecule has 1 saturated heterocycles. The molecule has 0 bridgehead atoms. The Kier molecular flexibility index (Phi) is 8.93. The number of piperazine rings is 1. The standard InChI is InChI=1S/C28H36FN7O3/c1-6-30-27(37)21-14-20(28(38)33-25-9-11-35(5)34-25)18(3)13-23(21)39-24(16-36-12-10-31-19(4)15-36)22-8-7-17(2)26(29)32-22/h7-9,11,13-14,19,24,31H,6,10,12,15-16H2,1-5H3,(H,30,37)(H,33,34,38)/t19-,24-/m1/s1. The molecule has 10 nitrogen and oxygen atoms in total. The van der Waals surface area contributed by atoms with Crippen LogP contribution in [0.2, 0.25) is 0 Å². The normalized spacial score (nSPS) is 16.5. The van der Waals surface area contributed by atoms with Crippen LogP contribution in [0.25, 0.3) is 0 Å². The number of aryl methyl sites for hydroxylation is 3. The van der Waals surface area contributed by atoms with E-state index in [0.29, 0.717) is 53.1 Å². The van der Waals surface area contributed by atoms with Crippen LogP contribution in [0, 0.1) is 19.8 Å². The van der Waals surface area contributed by atoms with E-state index in [2.05, 4.69) is 37.9 Å². The number of carbonyl (C=O) groups excluding carboxylic acids is 2. The smallest absolute Gasteiger partial charge is 0.257 e. The maximum absolute atomic E-state index is 14.5. The summed E-state index contributed by atoms with van der Waals surface area (Å²) in [4.78, 5) is 32.6. The quantitative estimate of drug-likeness (QED) is 0.360. The van der Waals surface area contributed by atoms with Gasteiger partial charge in [-0.15, -0.1) is 0 Å². The van der Waals surface area contributed by atoms with Crippen LogP contribution in [0.3, 0.4) is 0 Å². The Morgan fingerprint density at radius 2 is 1.97 bits per heavy atom. The minimum atomic E-state index is -0.647. The van der Waals surface area contributed by atoms with Crippen molar-refractivity contribution in [2.45, 2.75) is 39.8 Å². The Hall–Kier alpha value is -3.83. The van der Waals surface area contributed by atoms with Crippen molar-refractivity contribution in [2.24, 2.45) is 7.05 Å². The highest BCUT2D eigenvalue weighted by molar-refractivity contribution is 6.07. The number of pyridine rings is 1. The molecule has 4 rings (SSSR count). The molecule has 0 radical (unpaired) electrons. The number of nitrogens with zero attached hydrogens (tertiary/aromatic N) is 4. The summed E-state index contributed by atoms with van der Waals surface area (Å²) >= 11 is 0. The topological polar surface area (TPSA) is 113 Å². The van der Waals surface area contributed by atoms with Crippen molar-refractivity contribution in [1.82, 2.24) is 30.3 Å². The number of ether oxygens (including phenoxy) is 1. The van der Waals surface area contributed by atoms with Gasteiger partial charge in [0.2, 0.25) is 5.95 Å². The molecule has 2 amide bonds. The van der Waals surface area contributed by atoms with Gasteiger partial charge >= 0.3 is 0 Å². The zero-order chi connectivity index (χ0) is 28.1. The summed E-state index contributed by atoms with van der Waals surface area (Å²) in [6.45, 7) is 10.6. The third kappa shape index (κ3) is 6.98. The van der Waals surface area contributed by atoms with Crippen LogP contribution in [-0.4, -0.2) is 70.2 Å². The van der Waals surface area contributed by atoms with Gasteiger partial charge in [0.05, 0.1) is 11.3 Å². The predicted molar refractivity (Wildman–Crippen MR) is 147 cm³/mol. The van der Waals surface area contributed by atoms with E-state index in [9.17, 15) is 14.0 Å². The first-order valence-corrected chi connectivity index (χ1v) is 13.1. The molecule has 1 fully saturated rings. The zero-order valence-corrected chi connectivity index (χ0v) is 23.0. The Labute approximate surface area is 227 Å². The number of amides is 2. The monoisotopic (exact) mass is 537 g/mol. The van der Waals surface area contributed by atoms with Gasteiger partial charge in [-0.2, -0.15) is 9.49 Å². The van der Waals surface area contributed by atoms with Crippen molar-refractivity contribution in [3.05, 3.63) is 70.4 Å². The molecule has 2 aromatic heterocycles. The van der Waals surface area contributed by atoms with Gasteiger partial charge < -0.3 is 20.7 Å². The Balaban J connectivity index is 1.69. The van der Waals surface area contributed by atoms with E-state index in [0.717, 1.165) is 19.6 Å². The fourth-order valence-electron chi connectivity index (χ4n) is 4.58. The van der Waals surface area contributed by atoms with E-state index in [1.807, 2.05) is 6.92 Å². The fourth-order valence-corrected chi connectivity index (χ4v) is 4.58. The highest BCUT2D eigenvalue weighted by Crippen LogP contribution is 2.30. The van der Waals surface area contributed by atoms with Crippen LogP contribution >= 0.6 is 0 Å². The summed E-state index contributed by atoms with van der Waals surface area (Å²) in [7, 11) is 1.76. The summed E-state index contributed by atoms with van der Waals surface area (Å²) in [6, 6.07) is 8.62. The van der Waals surface area contributed by atoms with Gasteiger partial charge in [-0.1, -0.05) is 6.07 Å². The average Bonchev–Trinajstić information content (AvgIpc) is 3.29. The first kappa shape index (κ1) is 28.2. The summed E-state index contributed by atoms with van der Waals surface area (Å²) < 4.78 is 22.6. The molecule has 39 heavy (non-hydrogen) atoms. The lowest BCUT2D eigenvalue weighted by atomic mass is 10.0. The van der Waals surface area contributed by atoms with E-state index in [1.54, 1.807) is 56.0 Å². The van der Waals surface area contributed by atoms with E-state index < -0.39 is 18.0 Å². The Morgan fingerprint density at radius 1 is 1.18 bits per heavy atom. The SMILES string of the molecule is CCNC(=O)c1cc(C(=O)Nc2ccn(C)n2)c(C)cc1O[C@H](CN1CCN[C@H](C)C1)c1ccc(C)c(F)n1. The molecule has 1 aromatic carbocycles. The van der Waals surface area contributed by atoms with Crippen molar-refractivity contribution < 1.29 is 18.7 Å². The molecule has 0 saturated carbocycles. The van der Waals surface area contributed by atoms with Crippen molar-refractivity contribution >= 4 is 17.6 Å². The van der Waals surface area contributed by atoms with Crippen LogP contribution in [0.15, 0.2) is 36.5 Å². The fraction of sp³-hybridized carbons (Fsp3) is 0.429. The molecule has 3 heterocycles. The number of aromatic nitrogens is 3. The number of hydrogen-bond acceptors (Lipinski definition) is 7. The molecular formula is C28H36FN7O3. The third-order valence-corrected chi connectivity index (χ3v) is 6.64. The molecule has 1 aliphatic rings. The lowest BCUT2D eigenvalue weighted by molar-refractivity contribution is 0.0928. The van der Waals surface area contributed by atoms with Crippen molar-refractivity contribution in [3.63, 3.8) is 0 Å². The van der Waals surface area contributed by atoms with Crippen LogP contribution in [0.4, 0.5) is 10.2 Å². The lowest BCUT2D eigenvalue weighted by Crippen LogP contribution is -2.50. The second-order valence-electron chi connectivity index (χ2n) is 9.92. The van der Waals surface area contributed by atoms with Gasteiger partial charge in [0, 0.05) is 69.2 Å². The summed E-state index contributed by atoms with van der Waals surface area (Å²) in [5.41, 5.74) is 2.02. The first-order chi connectivity index (χ1) is 18.6. The van der Waals surface area contributed by atoms with Crippen molar-refractivity contribution in [2.75, 3.05) is 38.0 Å². The van der Waals surface area contributed by atoms with Crippen LogP contribution in [0.5, 0.6) is 5.75 Å². The molecule has 208 valence electrons. The summed E-state index contributed by atoms with van der Waals surface area (Å²) in [5.74, 6) is -0.631. The van der Waals surface area contributed by atoms with Gasteiger partial charge in [0.1, 0.15) is 5.75 Å². The maximum atomic E-state index is 14.5. The summed E-state index contributed by atoms with van der Waals surface area (Å²) in [6.07, 6.45) is 1.08. The lowest BCUT2D eigenvalue weighted by Gasteiger charge is -2.34. The van der Waals surface area contributed by atoms with Crippen LogP contribution in [-0.2, 0) is 7.05 Å². The Bertz CT molecular complexity index is 1340. The molecule has 0 unspecified atom stereocenters. The van der Waals surface area contributed by atoms with Gasteiger partial charge in [0.25, 0.3) is 11.8 Å². The highest BCUT2D eigenvalue weighted by atomic mass is 19.1.